The third kappa shape index (κ3) is 3.78. The Kier molecular flexibility index (Phi) is 5.27. The van der Waals surface area contributed by atoms with Crippen molar-refractivity contribution in [3.63, 3.8) is 0 Å². The highest BCUT2D eigenvalue weighted by Gasteiger charge is 2.29. The fourth-order valence-corrected chi connectivity index (χ4v) is 2.61. The largest absolute Gasteiger partial charge is 0.394 e. The molecule has 1 fully saturated rings. The molecule has 8 nitrogen and oxygen atoms in total. The monoisotopic (exact) mass is 316 g/mol. The molecule has 0 aromatic carbocycles. The van der Waals surface area contributed by atoms with E-state index in [4.69, 9.17) is 21.4 Å². The number of aromatic nitrogens is 2. The molecule has 2 rings (SSSR count). The Hall–Kier alpha value is -1.51. The van der Waals surface area contributed by atoms with Crippen molar-refractivity contribution >= 4 is 23.1 Å². The van der Waals surface area contributed by atoms with Gasteiger partial charge in [-0.3, -0.25) is 10.1 Å². The molecule has 1 aliphatic heterocycles. The molecule has 116 valence electrons. The number of piperidine rings is 1. The molecule has 0 atom stereocenters. The molecule has 0 unspecified atom stereocenters. The summed E-state index contributed by atoms with van der Waals surface area (Å²) < 4.78 is 5.47. The van der Waals surface area contributed by atoms with Crippen molar-refractivity contribution in [1.82, 2.24) is 9.97 Å². The molecule has 0 bridgehead atoms. The zero-order valence-electron chi connectivity index (χ0n) is 11.7. The van der Waals surface area contributed by atoms with Crippen LogP contribution in [0.5, 0.6) is 0 Å². The lowest BCUT2D eigenvalue weighted by molar-refractivity contribution is -0.385. The Balaban J connectivity index is 2.14. The van der Waals surface area contributed by atoms with Gasteiger partial charge in [-0.15, -0.1) is 0 Å². The molecule has 0 aliphatic carbocycles. The minimum Gasteiger partial charge on any atom is -0.394 e. The van der Waals surface area contributed by atoms with Gasteiger partial charge in [-0.2, -0.15) is 4.98 Å². The second-order valence-corrected chi connectivity index (χ2v) is 5.13. The van der Waals surface area contributed by atoms with E-state index in [1.807, 2.05) is 4.90 Å². The second kappa shape index (κ2) is 6.97. The number of aryl methyl sites for hydroxylation is 1. The van der Waals surface area contributed by atoms with Crippen LogP contribution in [0.2, 0.25) is 5.28 Å². The third-order valence-corrected chi connectivity index (χ3v) is 3.55. The van der Waals surface area contributed by atoms with Crippen LogP contribution in [0.4, 0.5) is 11.5 Å². The van der Waals surface area contributed by atoms with Crippen molar-refractivity contribution in [2.75, 3.05) is 31.2 Å². The number of nitrogens with zero attached hydrogens (tertiary/aromatic N) is 4. The number of hydrogen-bond donors (Lipinski definition) is 1. The van der Waals surface area contributed by atoms with E-state index in [1.54, 1.807) is 6.92 Å². The van der Waals surface area contributed by atoms with E-state index < -0.39 is 4.92 Å². The average Bonchev–Trinajstić information content (AvgIpc) is 2.44. The summed E-state index contributed by atoms with van der Waals surface area (Å²) in [5.41, 5.74) is 0.155. The molecular weight excluding hydrogens is 300 g/mol. The van der Waals surface area contributed by atoms with Gasteiger partial charge in [0.2, 0.25) is 11.1 Å². The normalized spacial score (nSPS) is 16.2. The molecule has 0 amide bonds. The number of hydrogen-bond acceptors (Lipinski definition) is 7. The topological polar surface area (TPSA) is 102 Å². The minimum atomic E-state index is -0.477. The van der Waals surface area contributed by atoms with Gasteiger partial charge in [0.05, 0.1) is 24.2 Å². The molecule has 1 aromatic rings. The smallest absolute Gasteiger partial charge is 0.332 e. The Morgan fingerprint density at radius 3 is 2.71 bits per heavy atom. The van der Waals surface area contributed by atoms with E-state index in [-0.39, 0.29) is 35.2 Å². The average molecular weight is 317 g/mol. The molecule has 0 saturated carbocycles. The van der Waals surface area contributed by atoms with Crippen LogP contribution >= 0.6 is 11.6 Å². The van der Waals surface area contributed by atoms with E-state index in [9.17, 15) is 10.1 Å². The van der Waals surface area contributed by atoms with Crippen LogP contribution in [0.15, 0.2) is 0 Å². The third-order valence-electron chi connectivity index (χ3n) is 3.38. The Morgan fingerprint density at radius 1 is 1.48 bits per heavy atom. The van der Waals surface area contributed by atoms with Crippen molar-refractivity contribution in [2.24, 2.45) is 0 Å². The number of halogens is 1. The number of ether oxygens (including phenoxy) is 1. The first kappa shape index (κ1) is 15.9. The zero-order chi connectivity index (χ0) is 15.4. The van der Waals surface area contributed by atoms with E-state index in [2.05, 4.69) is 9.97 Å². The van der Waals surface area contributed by atoms with Gasteiger partial charge < -0.3 is 14.7 Å². The van der Waals surface area contributed by atoms with Gasteiger partial charge in [-0.25, -0.2) is 4.98 Å². The molecular formula is C12H17ClN4O4. The fourth-order valence-electron chi connectivity index (χ4n) is 2.41. The molecule has 0 radical (unpaired) electrons. The van der Waals surface area contributed by atoms with Gasteiger partial charge in [-0.05, 0) is 31.4 Å². The van der Waals surface area contributed by atoms with Crippen LogP contribution in [0.1, 0.15) is 18.5 Å². The quantitative estimate of drug-likeness (QED) is 0.496. The molecule has 1 saturated heterocycles. The SMILES string of the molecule is Cc1nc(Cl)nc(N2CCC(OCCO)CC2)c1[N+](=O)[O-]. The summed E-state index contributed by atoms with van der Waals surface area (Å²) >= 11 is 5.82. The maximum Gasteiger partial charge on any atom is 0.332 e. The standard InChI is InChI=1S/C12H17ClN4O4/c1-8-10(17(19)20)11(15-12(13)14-8)16-4-2-9(3-5-16)21-7-6-18/h9,18H,2-7H2,1H3. The van der Waals surface area contributed by atoms with Crippen molar-refractivity contribution in [1.29, 1.82) is 0 Å². The Morgan fingerprint density at radius 2 is 2.14 bits per heavy atom. The first-order valence-corrected chi connectivity index (χ1v) is 7.06. The number of aliphatic hydroxyl groups excluding tert-OH is 1. The molecule has 1 N–H and O–H groups in total. The second-order valence-electron chi connectivity index (χ2n) is 4.79. The Labute approximate surface area is 126 Å². The van der Waals surface area contributed by atoms with Crippen LogP contribution in [0.25, 0.3) is 0 Å². The summed E-state index contributed by atoms with van der Waals surface area (Å²) in [5, 5.41) is 20.0. The minimum absolute atomic E-state index is 0.00625. The highest BCUT2D eigenvalue weighted by atomic mass is 35.5. The van der Waals surface area contributed by atoms with Gasteiger partial charge in [0.15, 0.2) is 0 Å². The lowest BCUT2D eigenvalue weighted by Gasteiger charge is -2.32. The number of anilines is 1. The number of nitro groups is 1. The maximum atomic E-state index is 11.2. The van der Waals surface area contributed by atoms with E-state index >= 15 is 0 Å². The molecule has 1 aliphatic rings. The van der Waals surface area contributed by atoms with Gasteiger partial charge in [-0.1, -0.05) is 0 Å². The van der Waals surface area contributed by atoms with Gasteiger partial charge in [0.1, 0.15) is 5.69 Å². The first-order chi connectivity index (χ1) is 10.0. The van der Waals surface area contributed by atoms with Crippen LogP contribution in [-0.4, -0.2) is 52.4 Å². The van der Waals surface area contributed by atoms with Crippen molar-refractivity contribution in [3.8, 4) is 0 Å². The molecule has 1 aromatic heterocycles. The summed E-state index contributed by atoms with van der Waals surface area (Å²) in [7, 11) is 0. The lowest BCUT2D eigenvalue weighted by atomic mass is 10.1. The lowest BCUT2D eigenvalue weighted by Crippen LogP contribution is -2.38. The highest BCUT2D eigenvalue weighted by Crippen LogP contribution is 2.31. The van der Waals surface area contributed by atoms with E-state index in [0.29, 0.717) is 19.7 Å². The molecule has 9 heteroatoms. The summed E-state index contributed by atoms with van der Waals surface area (Å²) in [6.45, 7) is 3.02. The van der Waals surface area contributed by atoms with Crippen LogP contribution in [0.3, 0.4) is 0 Å². The summed E-state index contributed by atoms with van der Waals surface area (Å²) in [6, 6.07) is 0. The fraction of sp³-hybridized carbons (Fsp3) is 0.667. The van der Waals surface area contributed by atoms with E-state index in [1.165, 1.54) is 0 Å². The molecule has 0 spiro atoms. The summed E-state index contributed by atoms with van der Waals surface area (Å²) in [6.07, 6.45) is 1.50. The van der Waals surface area contributed by atoms with Crippen LogP contribution in [-0.2, 0) is 4.74 Å². The predicted molar refractivity (Wildman–Crippen MR) is 76.7 cm³/mol. The zero-order valence-corrected chi connectivity index (χ0v) is 12.4. The number of rotatable bonds is 5. The summed E-state index contributed by atoms with van der Waals surface area (Å²) in [5.74, 6) is 0.262. The predicted octanol–water partition coefficient (Wildman–Crippen LogP) is 1.32. The van der Waals surface area contributed by atoms with Gasteiger partial charge in [0, 0.05) is 13.1 Å². The highest BCUT2D eigenvalue weighted by molar-refractivity contribution is 6.28. The number of aliphatic hydroxyl groups is 1. The van der Waals surface area contributed by atoms with Crippen molar-refractivity contribution < 1.29 is 14.8 Å². The first-order valence-electron chi connectivity index (χ1n) is 6.69. The van der Waals surface area contributed by atoms with Gasteiger partial charge >= 0.3 is 5.69 Å². The molecule has 21 heavy (non-hydrogen) atoms. The maximum absolute atomic E-state index is 11.2. The molecule has 2 heterocycles. The van der Waals surface area contributed by atoms with Gasteiger partial charge in [0.25, 0.3) is 0 Å². The Bertz CT molecular complexity index is 520. The summed E-state index contributed by atoms with van der Waals surface area (Å²) in [4.78, 5) is 20.4. The van der Waals surface area contributed by atoms with Crippen molar-refractivity contribution in [3.05, 3.63) is 21.1 Å². The van der Waals surface area contributed by atoms with E-state index in [0.717, 1.165) is 12.8 Å². The van der Waals surface area contributed by atoms with Crippen LogP contribution in [0, 0.1) is 17.0 Å². The van der Waals surface area contributed by atoms with Crippen LogP contribution < -0.4 is 4.90 Å². The van der Waals surface area contributed by atoms with Crippen molar-refractivity contribution in [2.45, 2.75) is 25.9 Å².